The largest absolute Gasteiger partial charge is 0.497 e. The van der Waals surface area contributed by atoms with E-state index in [4.69, 9.17) is 19.9 Å². The summed E-state index contributed by atoms with van der Waals surface area (Å²) in [5.41, 5.74) is 7.66. The van der Waals surface area contributed by atoms with E-state index in [0.717, 1.165) is 17.7 Å². The molecule has 0 radical (unpaired) electrons. The van der Waals surface area contributed by atoms with Crippen molar-refractivity contribution in [3.05, 3.63) is 53.6 Å². The molecule has 2 aromatic rings. The zero-order chi connectivity index (χ0) is 19.6. The van der Waals surface area contributed by atoms with Gasteiger partial charge in [-0.3, -0.25) is 4.99 Å². The van der Waals surface area contributed by atoms with Gasteiger partial charge < -0.3 is 30.4 Å². The van der Waals surface area contributed by atoms with Crippen molar-refractivity contribution >= 4 is 5.96 Å². The fourth-order valence-electron chi connectivity index (χ4n) is 2.57. The lowest BCUT2D eigenvalue weighted by Gasteiger charge is -2.15. The summed E-state index contributed by atoms with van der Waals surface area (Å²) in [6.07, 6.45) is -0.0519. The van der Waals surface area contributed by atoms with Crippen molar-refractivity contribution in [1.29, 1.82) is 0 Å². The molecule has 0 fully saturated rings. The number of methoxy groups -OCH3 is 3. The van der Waals surface area contributed by atoms with Crippen molar-refractivity contribution < 1.29 is 19.3 Å². The molecule has 0 spiro atoms. The highest BCUT2D eigenvalue weighted by Crippen LogP contribution is 2.29. The highest BCUT2D eigenvalue weighted by atomic mass is 16.5. The first-order chi connectivity index (χ1) is 13.1. The minimum atomic E-state index is -0.850. The number of aliphatic hydroxyl groups is 1. The van der Waals surface area contributed by atoms with Crippen molar-refractivity contribution in [2.45, 2.75) is 12.5 Å². The number of nitrogens with zero attached hydrogens (tertiary/aromatic N) is 1. The lowest BCUT2D eigenvalue weighted by Crippen LogP contribution is -2.33. The van der Waals surface area contributed by atoms with Crippen molar-refractivity contribution in [3.63, 3.8) is 0 Å². The van der Waals surface area contributed by atoms with Gasteiger partial charge in [-0.05, 0) is 42.3 Å². The Kier molecular flexibility index (Phi) is 7.76. The SMILES string of the molecule is COc1ccc(CCNC(N)=NCC(O)c2cc(OC)ccc2OC)cc1. The minimum absolute atomic E-state index is 0.116. The van der Waals surface area contributed by atoms with E-state index < -0.39 is 6.10 Å². The molecule has 0 saturated heterocycles. The molecule has 27 heavy (non-hydrogen) atoms. The second kappa shape index (κ2) is 10.3. The highest BCUT2D eigenvalue weighted by Gasteiger charge is 2.14. The maximum absolute atomic E-state index is 10.4. The van der Waals surface area contributed by atoms with Crippen LogP contribution in [0.1, 0.15) is 17.2 Å². The third-order valence-electron chi connectivity index (χ3n) is 4.11. The third kappa shape index (κ3) is 6.07. The van der Waals surface area contributed by atoms with Gasteiger partial charge in [-0.2, -0.15) is 0 Å². The molecule has 0 aliphatic carbocycles. The van der Waals surface area contributed by atoms with E-state index in [9.17, 15) is 5.11 Å². The number of nitrogens with one attached hydrogen (secondary N) is 1. The van der Waals surface area contributed by atoms with Crippen LogP contribution in [0.25, 0.3) is 0 Å². The summed E-state index contributed by atoms with van der Waals surface area (Å²) in [6, 6.07) is 13.1. The molecule has 146 valence electrons. The molecule has 1 atom stereocenters. The molecule has 1 unspecified atom stereocenters. The van der Waals surface area contributed by atoms with Gasteiger partial charge in [0, 0.05) is 12.1 Å². The van der Waals surface area contributed by atoms with Crippen LogP contribution in [0.2, 0.25) is 0 Å². The summed E-state index contributed by atoms with van der Waals surface area (Å²) in [5.74, 6) is 2.32. The van der Waals surface area contributed by atoms with Gasteiger partial charge in [-0.15, -0.1) is 0 Å². The lowest BCUT2D eigenvalue weighted by molar-refractivity contribution is 0.182. The van der Waals surface area contributed by atoms with E-state index in [-0.39, 0.29) is 12.5 Å². The molecule has 0 heterocycles. The van der Waals surface area contributed by atoms with Gasteiger partial charge in [0.2, 0.25) is 0 Å². The predicted octanol–water partition coefficient (Wildman–Crippen LogP) is 1.89. The van der Waals surface area contributed by atoms with Crippen LogP contribution in [-0.2, 0) is 6.42 Å². The summed E-state index contributed by atoms with van der Waals surface area (Å²) in [4.78, 5) is 4.21. The lowest BCUT2D eigenvalue weighted by atomic mass is 10.1. The maximum atomic E-state index is 10.4. The zero-order valence-corrected chi connectivity index (χ0v) is 15.9. The molecule has 7 heteroatoms. The standard InChI is InChI=1S/C20H27N3O4/c1-25-15-6-4-14(5-7-15)10-11-22-20(21)23-13-18(24)17-12-16(26-2)8-9-19(17)27-3/h4-9,12,18,24H,10-11,13H2,1-3H3,(H3,21,22,23). The molecule has 0 aromatic heterocycles. The van der Waals surface area contributed by atoms with Gasteiger partial charge >= 0.3 is 0 Å². The first-order valence-electron chi connectivity index (χ1n) is 8.64. The summed E-state index contributed by atoms with van der Waals surface area (Å²) >= 11 is 0. The van der Waals surface area contributed by atoms with E-state index >= 15 is 0 Å². The Morgan fingerprint density at radius 1 is 1.04 bits per heavy atom. The average molecular weight is 373 g/mol. The number of aliphatic hydroxyl groups excluding tert-OH is 1. The fourth-order valence-corrected chi connectivity index (χ4v) is 2.57. The number of rotatable bonds is 9. The quantitative estimate of drug-likeness (QED) is 0.459. The van der Waals surface area contributed by atoms with Crippen molar-refractivity contribution in [3.8, 4) is 17.2 Å². The summed E-state index contributed by atoms with van der Waals surface area (Å²) < 4.78 is 15.6. The first kappa shape index (κ1) is 20.4. The first-order valence-corrected chi connectivity index (χ1v) is 8.64. The van der Waals surface area contributed by atoms with Crippen LogP contribution in [-0.4, -0.2) is 45.5 Å². The number of guanidine groups is 1. The minimum Gasteiger partial charge on any atom is -0.497 e. The topological polar surface area (TPSA) is 98.3 Å². The number of aliphatic imine (C=N–C) groups is 1. The van der Waals surface area contributed by atoms with E-state index in [2.05, 4.69) is 10.3 Å². The van der Waals surface area contributed by atoms with Crippen LogP contribution >= 0.6 is 0 Å². The Morgan fingerprint density at radius 2 is 1.70 bits per heavy atom. The molecule has 7 nitrogen and oxygen atoms in total. The van der Waals surface area contributed by atoms with E-state index in [1.165, 1.54) is 0 Å². The highest BCUT2D eigenvalue weighted by molar-refractivity contribution is 5.77. The summed E-state index contributed by atoms with van der Waals surface area (Å²) in [6.45, 7) is 0.755. The van der Waals surface area contributed by atoms with Crippen LogP contribution in [0.4, 0.5) is 0 Å². The Labute approximate surface area is 159 Å². The van der Waals surface area contributed by atoms with Crippen molar-refractivity contribution in [1.82, 2.24) is 5.32 Å². The van der Waals surface area contributed by atoms with Crippen LogP contribution in [0, 0.1) is 0 Å². The van der Waals surface area contributed by atoms with Gasteiger partial charge in [-0.25, -0.2) is 0 Å². The zero-order valence-electron chi connectivity index (χ0n) is 15.9. The molecule has 0 aliphatic rings. The molecule has 0 aliphatic heterocycles. The molecule has 2 aromatic carbocycles. The number of hydrogen-bond acceptors (Lipinski definition) is 5. The predicted molar refractivity (Wildman–Crippen MR) is 106 cm³/mol. The van der Waals surface area contributed by atoms with Crippen molar-refractivity contribution in [2.24, 2.45) is 10.7 Å². The molecular weight excluding hydrogens is 346 g/mol. The van der Waals surface area contributed by atoms with Crippen LogP contribution in [0.15, 0.2) is 47.5 Å². The second-order valence-electron chi connectivity index (χ2n) is 5.87. The average Bonchev–Trinajstić information content (AvgIpc) is 2.72. The molecule has 4 N–H and O–H groups in total. The Bertz CT molecular complexity index is 747. The van der Waals surface area contributed by atoms with Crippen LogP contribution in [0.5, 0.6) is 17.2 Å². The van der Waals surface area contributed by atoms with Gasteiger partial charge in [0.25, 0.3) is 0 Å². The Balaban J connectivity index is 1.87. The Hall–Kier alpha value is -2.93. The molecule has 0 amide bonds. The normalized spacial score (nSPS) is 12.4. The number of hydrogen-bond donors (Lipinski definition) is 3. The van der Waals surface area contributed by atoms with Crippen molar-refractivity contribution in [2.75, 3.05) is 34.4 Å². The monoisotopic (exact) mass is 373 g/mol. The van der Waals surface area contributed by atoms with E-state index in [1.807, 2.05) is 24.3 Å². The van der Waals surface area contributed by atoms with Gasteiger partial charge in [0.15, 0.2) is 5.96 Å². The molecular formula is C20H27N3O4. The van der Waals surface area contributed by atoms with Gasteiger partial charge in [-0.1, -0.05) is 12.1 Å². The number of nitrogens with two attached hydrogens (primary N) is 1. The van der Waals surface area contributed by atoms with E-state index in [0.29, 0.717) is 23.6 Å². The smallest absolute Gasteiger partial charge is 0.188 e. The number of benzene rings is 2. The Morgan fingerprint density at radius 3 is 2.33 bits per heavy atom. The third-order valence-corrected chi connectivity index (χ3v) is 4.11. The van der Waals surface area contributed by atoms with Gasteiger partial charge in [0.1, 0.15) is 23.4 Å². The van der Waals surface area contributed by atoms with Crippen LogP contribution < -0.4 is 25.3 Å². The van der Waals surface area contributed by atoms with E-state index in [1.54, 1.807) is 39.5 Å². The summed E-state index contributed by atoms with van der Waals surface area (Å²) in [5, 5.41) is 13.5. The number of ether oxygens (including phenoxy) is 3. The molecule has 0 saturated carbocycles. The maximum Gasteiger partial charge on any atom is 0.188 e. The van der Waals surface area contributed by atoms with Gasteiger partial charge in [0.05, 0.1) is 27.9 Å². The fraction of sp³-hybridized carbons (Fsp3) is 0.350. The second-order valence-corrected chi connectivity index (χ2v) is 5.87. The molecule has 2 rings (SSSR count). The van der Waals surface area contributed by atoms with Crippen LogP contribution in [0.3, 0.4) is 0 Å². The molecule has 0 bridgehead atoms. The summed E-state index contributed by atoms with van der Waals surface area (Å²) in [7, 11) is 4.76.